The first-order valence-electron chi connectivity index (χ1n) is 8.56. The molecule has 0 unspecified atom stereocenters. The van der Waals surface area contributed by atoms with Crippen molar-refractivity contribution in [2.75, 3.05) is 12.1 Å². The van der Waals surface area contributed by atoms with E-state index in [2.05, 4.69) is 69.5 Å². The maximum atomic E-state index is 5.30. The smallest absolute Gasteiger partial charge is 0.118 e. The van der Waals surface area contributed by atoms with E-state index in [1.54, 1.807) is 7.11 Å². The van der Waals surface area contributed by atoms with Crippen LogP contribution in [0.4, 0.5) is 5.69 Å². The first kappa shape index (κ1) is 16.9. The molecule has 0 radical (unpaired) electrons. The Morgan fingerprint density at radius 2 is 1.73 bits per heavy atom. The number of methoxy groups -OCH3 is 1. The number of anilines is 1. The molecule has 1 heterocycles. The van der Waals surface area contributed by atoms with Crippen LogP contribution in [0, 0.1) is 0 Å². The van der Waals surface area contributed by atoms with Gasteiger partial charge >= 0.3 is 0 Å². The van der Waals surface area contributed by atoms with Crippen molar-refractivity contribution in [3.63, 3.8) is 0 Å². The van der Waals surface area contributed by atoms with Crippen molar-refractivity contribution in [3.05, 3.63) is 94.5 Å². The van der Waals surface area contributed by atoms with Gasteiger partial charge in [0.1, 0.15) is 5.75 Å². The van der Waals surface area contributed by atoms with E-state index in [0.717, 1.165) is 28.0 Å². The summed E-state index contributed by atoms with van der Waals surface area (Å²) in [4.78, 5) is 0. The third kappa shape index (κ3) is 3.37. The molecule has 1 aliphatic heterocycles. The van der Waals surface area contributed by atoms with Gasteiger partial charge in [-0.3, -0.25) is 5.01 Å². The molecule has 1 atom stereocenters. The first-order valence-corrected chi connectivity index (χ1v) is 9.35. The summed E-state index contributed by atoms with van der Waals surface area (Å²) in [6, 6.07) is 27.1. The zero-order valence-electron chi connectivity index (χ0n) is 14.5. The van der Waals surface area contributed by atoms with Crippen LogP contribution in [0.1, 0.15) is 23.6 Å². The van der Waals surface area contributed by atoms with Gasteiger partial charge in [0.25, 0.3) is 0 Å². The fourth-order valence-corrected chi connectivity index (χ4v) is 3.64. The zero-order chi connectivity index (χ0) is 17.9. The second-order valence-electron chi connectivity index (χ2n) is 6.23. The summed E-state index contributed by atoms with van der Waals surface area (Å²) in [6.07, 6.45) is 0.864. The molecule has 3 nitrogen and oxygen atoms in total. The average molecular weight is 407 g/mol. The number of rotatable bonds is 4. The van der Waals surface area contributed by atoms with Crippen LogP contribution >= 0.6 is 15.9 Å². The Morgan fingerprint density at radius 1 is 0.962 bits per heavy atom. The SMILES string of the molecule is COc1ccc([C@H]2CC(c3ccccc3)=NN2c2cccc(Br)c2)cc1. The van der Waals surface area contributed by atoms with Gasteiger partial charge in [0.2, 0.25) is 0 Å². The van der Waals surface area contributed by atoms with Gasteiger partial charge in [-0.15, -0.1) is 0 Å². The van der Waals surface area contributed by atoms with E-state index in [0.29, 0.717) is 0 Å². The number of hydrazone groups is 1. The average Bonchev–Trinajstić information content (AvgIpc) is 3.14. The highest BCUT2D eigenvalue weighted by atomic mass is 79.9. The van der Waals surface area contributed by atoms with Gasteiger partial charge in [0.15, 0.2) is 0 Å². The molecule has 3 aromatic rings. The molecule has 0 N–H and O–H groups in total. The third-order valence-corrected chi connectivity index (χ3v) is 5.08. The van der Waals surface area contributed by atoms with Crippen LogP contribution in [0.25, 0.3) is 0 Å². The van der Waals surface area contributed by atoms with Crippen LogP contribution in [0.5, 0.6) is 5.75 Å². The number of halogens is 1. The number of hydrogen-bond acceptors (Lipinski definition) is 3. The second kappa shape index (κ2) is 7.34. The molecule has 0 aromatic heterocycles. The molecule has 4 rings (SSSR count). The van der Waals surface area contributed by atoms with Crippen molar-refractivity contribution in [2.45, 2.75) is 12.5 Å². The molecule has 26 heavy (non-hydrogen) atoms. The van der Waals surface area contributed by atoms with Gasteiger partial charge in [-0.25, -0.2) is 0 Å². The topological polar surface area (TPSA) is 24.8 Å². The molecule has 130 valence electrons. The fourth-order valence-electron chi connectivity index (χ4n) is 3.26. The lowest BCUT2D eigenvalue weighted by Crippen LogP contribution is -2.18. The molecule has 3 aromatic carbocycles. The van der Waals surface area contributed by atoms with Crippen molar-refractivity contribution < 1.29 is 4.74 Å². The van der Waals surface area contributed by atoms with Gasteiger partial charge in [0.05, 0.1) is 24.6 Å². The lowest BCUT2D eigenvalue weighted by Gasteiger charge is -2.24. The van der Waals surface area contributed by atoms with Gasteiger partial charge in [0, 0.05) is 10.9 Å². The first-order chi connectivity index (χ1) is 12.7. The number of benzene rings is 3. The van der Waals surface area contributed by atoms with Crippen LogP contribution < -0.4 is 9.75 Å². The Kier molecular flexibility index (Phi) is 4.76. The molecule has 1 aliphatic rings. The van der Waals surface area contributed by atoms with E-state index in [1.165, 1.54) is 11.1 Å². The summed E-state index contributed by atoms with van der Waals surface area (Å²) in [5.74, 6) is 0.866. The summed E-state index contributed by atoms with van der Waals surface area (Å²) in [7, 11) is 1.69. The highest BCUT2D eigenvalue weighted by Crippen LogP contribution is 2.37. The van der Waals surface area contributed by atoms with Crippen LogP contribution in [0.2, 0.25) is 0 Å². The van der Waals surface area contributed by atoms with E-state index < -0.39 is 0 Å². The standard InChI is InChI=1S/C22H19BrN2O/c1-26-20-12-10-17(11-13-20)22-15-21(16-6-3-2-4-7-16)24-25(22)19-9-5-8-18(23)14-19/h2-14,22H,15H2,1H3/t22-/m1/s1. The van der Waals surface area contributed by atoms with Crippen molar-refractivity contribution in [2.24, 2.45) is 5.10 Å². The van der Waals surface area contributed by atoms with E-state index in [-0.39, 0.29) is 6.04 Å². The molecule has 0 saturated carbocycles. The van der Waals surface area contributed by atoms with E-state index in [9.17, 15) is 0 Å². The minimum absolute atomic E-state index is 0.158. The maximum absolute atomic E-state index is 5.30. The van der Waals surface area contributed by atoms with Gasteiger partial charge in [-0.05, 0) is 41.5 Å². The summed E-state index contributed by atoms with van der Waals surface area (Å²) >= 11 is 3.57. The molecule has 0 spiro atoms. The predicted molar refractivity (Wildman–Crippen MR) is 110 cm³/mol. The van der Waals surface area contributed by atoms with Crippen molar-refractivity contribution in [3.8, 4) is 5.75 Å². The number of ether oxygens (including phenoxy) is 1. The third-order valence-electron chi connectivity index (χ3n) is 4.59. The molecular formula is C22H19BrN2O. The molecule has 0 amide bonds. The van der Waals surface area contributed by atoms with Crippen LogP contribution in [-0.2, 0) is 0 Å². The number of hydrogen-bond donors (Lipinski definition) is 0. The lowest BCUT2D eigenvalue weighted by atomic mass is 9.98. The Morgan fingerprint density at radius 3 is 2.42 bits per heavy atom. The van der Waals surface area contributed by atoms with Crippen LogP contribution in [-0.4, -0.2) is 12.8 Å². The minimum Gasteiger partial charge on any atom is -0.497 e. The normalized spacial score (nSPS) is 16.5. The Balaban J connectivity index is 1.74. The Labute approximate surface area is 162 Å². The fraction of sp³-hybridized carbons (Fsp3) is 0.136. The second-order valence-corrected chi connectivity index (χ2v) is 7.15. The highest BCUT2D eigenvalue weighted by Gasteiger charge is 2.29. The Bertz CT molecular complexity index is 922. The van der Waals surface area contributed by atoms with Gasteiger partial charge in [-0.1, -0.05) is 64.5 Å². The molecular weight excluding hydrogens is 388 g/mol. The summed E-state index contributed by atoms with van der Waals surface area (Å²) < 4.78 is 6.35. The largest absolute Gasteiger partial charge is 0.497 e. The van der Waals surface area contributed by atoms with Crippen LogP contribution in [0.15, 0.2) is 88.4 Å². The Hall–Kier alpha value is -2.59. The molecule has 0 aliphatic carbocycles. The maximum Gasteiger partial charge on any atom is 0.118 e. The van der Waals surface area contributed by atoms with E-state index in [1.807, 2.05) is 30.3 Å². The van der Waals surface area contributed by atoms with E-state index >= 15 is 0 Å². The molecule has 0 saturated heterocycles. The van der Waals surface area contributed by atoms with Crippen molar-refractivity contribution in [1.82, 2.24) is 0 Å². The van der Waals surface area contributed by atoms with Gasteiger partial charge < -0.3 is 4.74 Å². The summed E-state index contributed by atoms with van der Waals surface area (Å²) in [5, 5.41) is 7.09. The predicted octanol–water partition coefficient (Wildman–Crippen LogP) is 5.81. The summed E-state index contributed by atoms with van der Waals surface area (Å²) in [6.45, 7) is 0. The monoisotopic (exact) mass is 406 g/mol. The zero-order valence-corrected chi connectivity index (χ0v) is 16.1. The van der Waals surface area contributed by atoms with Gasteiger partial charge in [-0.2, -0.15) is 5.10 Å². The molecule has 0 bridgehead atoms. The minimum atomic E-state index is 0.158. The quantitative estimate of drug-likeness (QED) is 0.545. The molecule has 4 heteroatoms. The summed E-state index contributed by atoms with van der Waals surface area (Å²) in [5.41, 5.74) is 4.57. The highest BCUT2D eigenvalue weighted by molar-refractivity contribution is 9.10. The number of nitrogens with zero attached hydrogens (tertiary/aromatic N) is 2. The van der Waals surface area contributed by atoms with Crippen LogP contribution in [0.3, 0.4) is 0 Å². The molecule has 0 fully saturated rings. The van der Waals surface area contributed by atoms with E-state index in [4.69, 9.17) is 9.84 Å². The van der Waals surface area contributed by atoms with Crippen molar-refractivity contribution in [1.29, 1.82) is 0 Å². The lowest BCUT2D eigenvalue weighted by molar-refractivity contribution is 0.414. The van der Waals surface area contributed by atoms with Crippen molar-refractivity contribution >= 4 is 27.3 Å².